The molecule has 2 aromatic rings. The number of nitrogens with zero attached hydrogens (tertiary/aromatic N) is 3. The van der Waals surface area contributed by atoms with Crippen LogP contribution in [-0.4, -0.2) is 58.8 Å². The molecule has 2 N–H and O–H groups in total. The van der Waals surface area contributed by atoms with E-state index in [0.29, 0.717) is 30.8 Å². The highest BCUT2D eigenvalue weighted by atomic mass is 19.1. The van der Waals surface area contributed by atoms with Crippen molar-refractivity contribution in [3.63, 3.8) is 0 Å². The maximum absolute atomic E-state index is 14.2. The van der Waals surface area contributed by atoms with Crippen LogP contribution >= 0.6 is 0 Å². The van der Waals surface area contributed by atoms with Gasteiger partial charge in [0.15, 0.2) is 0 Å². The number of rotatable bonds is 6. The van der Waals surface area contributed by atoms with Gasteiger partial charge in [0.2, 0.25) is 0 Å². The summed E-state index contributed by atoms with van der Waals surface area (Å²) in [6.07, 6.45) is 4.35. The molecule has 2 heterocycles. The SMILES string of the molecule is CC(C)Oc1cccc(CN2CCC3(CC2)C(=NC2CCCC(O)C2)NC(=O)N3c2cccc(F)c2)c1. The summed E-state index contributed by atoms with van der Waals surface area (Å²) in [5.41, 5.74) is 1.06. The maximum atomic E-state index is 14.2. The van der Waals surface area contributed by atoms with Gasteiger partial charge in [0.25, 0.3) is 0 Å². The predicted octanol–water partition coefficient (Wildman–Crippen LogP) is 4.88. The van der Waals surface area contributed by atoms with E-state index in [2.05, 4.69) is 22.3 Å². The molecule has 2 aromatic carbocycles. The second kappa shape index (κ2) is 10.8. The minimum atomic E-state index is -0.660. The van der Waals surface area contributed by atoms with E-state index < -0.39 is 5.54 Å². The summed E-state index contributed by atoms with van der Waals surface area (Å²) < 4.78 is 20.1. The molecule has 0 bridgehead atoms. The van der Waals surface area contributed by atoms with Crippen molar-refractivity contribution in [3.8, 4) is 5.75 Å². The quantitative estimate of drug-likeness (QED) is 0.583. The van der Waals surface area contributed by atoms with Gasteiger partial charge in [-0.25, -0.2) is 9.18 Å². The highest BCUT2D eigenvalue weighted by Crippen LogP contribution is 2.39. The number of aliphatic imine (C=N–C) groups is 1. The number of carbonyl (C=O) groups is 1. The van der Waals surface area contributed by atoms with E-state index in [-0.39, 0.29) is 30.1 Å². The van der Waals surface area contributed by atoms with Gasteiger partial charge >= 0.3 is 6.03 Å². The molecule has 8 heteroatoms. The van der Waals surface area contributed by atoms with E-state index in [1.54, 1.807) is 17.0 Å². The van der Waals surface area contributed by atoms with E-state index in [0.717, 1.165) is 44.6 Å². The molecule has 1 spiro atoms. The van der Waals surface area contributed by atoms with Gasteiger partial charge in [-0.1, -0.05) is 18.2 Å². The topological polar surface area (TPSA) is 77.4 Å². The predicted molar refractivity (Wildman–Crippen MR) is 143 cm³/mol. The van der Waals surface area contributed by atoms with Gasteiger partial charge < -0.3 is 9.84 Å². The molecule has 2 unspecified atom stereocenters. The van der Waals surface area contributed by atoms with Crippen molar-refractivity contribution < 1.29 is 19.0 Å². The number of ether oxygens (including phenoxy) is 1. The number of piperidine rings is 1. The molecule has 3 fully saturated rings. The highest BCUT2D eigenvalue weighted by molar-refractivity contribution is 6.19. The van der Waals surface area contributed by atoms with Crippen molar-refractivity contribution in [1.29, 1.82) is 0 Å². The summed E-state index contributed by atoms with van der Waals surface area (Å²) in [6, 6.07) is 14.1. The van der Waals surface area contributed by atoms with Crippen molar-refractivity contribution in [1.82, 2.24) is 10.2 Å². The first-order valence-corrected chi connectivity index (χ1v) is 13.4. The van der Waals surface area contributed by atoms with Crippen LogP contribution in [0.5, 0.6) is 5.75 Å². The summed E-state index contributed by atoms with van der Waals surface area (Å²) in [7, 11) is 0. The Morgan fingerprint density at radius 2 is 1.95 bits per heavy atom. The number of amides is 2. The molecule has 2 amide bonds. The van der Waals surface area contributed by atoms with E-state index in [1.807, 2.05) is 26.0 Å². The Bertz CT molecular complexity index is 1150. The van der Waals surface area contributed by atoms with Gasteiger partial charge in [-0.05, 0) is 88.3 Å². The summed E-state index contributed by atoms with van der Waals surface area (Å²) in [5.74, 6) is 1.16. The number of aliphatic hydroxyl groups excluding tert-OH is 1. The molecule has 2 aliphatic heterocycles. The van der Waals surface area contributed by atoms with Crippen LogP contribution in [0.15, 0.2) is 53.5 Å². The molecular formula is C29H37FN4O3. The largest absolute Gasteiger partial charge is 0.491 e. The third-order valence-electron chi connectivity index (χ3n) is 7.65. The number of benzene rings is 2. The number of carbonyl (C=O) groups excluding carboxylic acids is 1. The Morgan fingerprint density at radius 1 is 1.16 bits per heavy atom. The first kappa shape index (κ1) is 25.7. The van der Waals surface area contributed by atoms with Gasteiger partial charge in [0.1, 0.15) is 22.9 Å². The molecule has 37 heavy (non-hydrogen) atoms. The Morgan fingerprint density at radius 3 is 2.68 bits per heavy atom. The summed E-state index contributed by atoms with van der Waals surface area (Å²) >= 11 is 0. The van der Waals surface area contributed by atoms with E-state index in [9.17, 15) is 14.3 Å². The minimum absolute atomic E-state index is 0.0230. The summed E-state index contributed by atoms with van der Waals surface area (Å²) in [4.78, 5) is 22.4. The third kappa shape index (κ3) is 5.65. The second-order valence-corrected chi connectivity index (χ2v) is 10.8. The maximum Gasteiger partial charge on any atom is 0.328 e. The summed E-state index contributed by atoms with van der Waals surface area (Å²) in [6.45, 7) is 6.36. The van der Waals surface area contributed by atoms with Crippen LogP contribution in [0.1, 0.15) is 57.9 Å². The Hall–Kier alpha value is -2.97. The lowest BCUT2D eigenvalue weighted by atomic mass is 9.84. The van der Waals surface area contributed by atoms with E-state index in [1.165, 1.54) is 17.7 Å². The lowest BCUT2D eigenvalue weighted by Crippen LogP contribution is -2.57. The Kier molecular flexibility index (Phi) is 7.49. The number of likely N-dealkylation sites (tertiary alicyclic amines) is 1. The fourth-order valence-corrected chi connectivity index (χ4v) is 5.93. The highest BCUT2D eigenvalue weighted by Gasteiger charge is 2.53. The fraction of sp³-hybridized carbons (Fsp3) is 0.517. The third-order valence-corrected chi connectivity index (χ3v) is 7.65. The van der Waals surface area contributed by atoms with Gasteiger partial charge in [0, 0.05) is 25.3 Å². The molecule has 3 aliphatic rings. The molecule has 2 atom stereocenters. The molecule has 7 nitrogen and oxygen atoms in total. The van der Waals surface area contributed by atoms with Gasteiger partial charge in [-0.3, -0.25) is 20.1 Å². The lowest BCUT2D eigenvalue weighted by Gasteiger charge is -2.44. The van der Waals surface area contributed by atoms with Crippen LogP contribution in [0.2, 0.25) is 0 Å². The van der Waals surface area contributed by atoms with Gasteiger partial charge in [-0.15, -0.1) is 0 Å². The van der Waals surface area contributed by atoms with E-state index >= 15 is 0 Å². The molecule has 198 valence electrons. The normalized spacial score (nSPS) is 25.2. The second-order valence-electron chi connectivity index (χ2n) is 10.8. The van der Waals surface area contributed by atoms with Gasteiger partial charge in [-0.2, -0.15) is 0 Å². The number of hydrogen-bond acceptors (Lipinski definition) is 5. The van der Waals surface area contributed by atoms with Crippen LogP contribution < -0.4 is 15.0 Å². The van der Waals surface area contributed by atoms with Crippen molar-refractivity contribution >= 4 is 17.6 Å². The smallest absolute Gasteiger partial charge is 0.328 e. The molecular weight excluding hydrogens is 471 g/mol. The molecule has 0 radical (unpaired) electrons. The minimum Gasteiger partial charge on any atom is -0.491 e. The monoisotopic (exact) mass is 508 g/mol. The number of amidine groups is 1. The van der Waals surface area contributed by atoms with Crippen molar-refractivity contribution in [2.45, 2.75) is 82.7 Å². The fourth-order valence-electron chi connectivity index (χ4n) is 5.93. The van der Waals surface area contributed by atoms with Crippen LogP contribution in [-0.2, 0) is 6.54 Å². The van der Waals surface area contributed by atoms with Crippen LogP contribution in [0, 0.1) is 5.82 Å². The zero-order valence-corrected chi connectivity index (χ0v) is 21.7. The van der Waals surface area contributed by atoms with Crippen LogP contribution in [0.3, 0.4) is 0 Å². The van der Waals surface area contributed by atoms with Crippen molar-refractivity contribution in [3.05, 3.63) is 59.9 Å². The van der Waals surface area contributed by atoms with Crippen LogP contribution in [0.4, 0.5) is 14.9 Å². The number of halogens is 1. The molecule has 5 rings (SSSR count). The number of anilines is 1. The molecule has 2 saturated heterocycles. The lowest BCUT2D eigenvalue weighted by molar-refractivity contribution is 0.121. The first-order valence-electron chi connectivity index (χ1n) is 13.4. The van der Waals surface area contributed by atoms with Gasteiger partial charge in [0.05, 0.1) is 18.2 Å². The standard InChI is InChI=1S/C29H37FN4O3/c1-20(2)37-26-11-3-6-21(16-26)19-33-14-12-29(13-15-33)27(31-23-8-5-10-25(35)18-23)32-28(36)34(29)24-9-4-7-22(30)17-24/h3-4,6-7,9,11,16-17,20,23,25,35H,5,8,10,12-15,18-19H2,1-2H3,(H,31,32,36). The molecule has 1 aliphatic carbocycles. The summed E-state index contributed by atoms with van der Waals surface area (Å²) in [5, 5.41) is 13.2. The molecule has 1 saturated carbocycles. The number of aliphatic hydroxyl groups is 1. The Balaban J connectivity index is 1.39. The molecule has 0 aromatic heterocycles. The van der Waals surface area contributed by atoms with Crippen molar-refractivity contribution in [2.24, 2.45) is 4.99 Å². The van der Waals surface area contributed by atoms with Crippen molar-refractivity contribution in [2.75, 3.05) is 18.0 Å². The van der Waals surface area contributed by atoms with Crippen LogP contribution in [0.25, 0.3) is 0 Å². The average molecular weight is 509 g/mol. The number of urea groups is 1. The number of nitrogens with one attached hydrogen (secondary N) is 1. The first-order chi connectivity index (χ1) is 17.8. The zero-order valence-electron chi connectivity index (χ0n) is 21.7. The zero-order chi connectivity index (χ0) is 26.0. The average Bonchev–Trinajstić information content (AvgIpc) is 3.10. The Labute approximate surface area is 218 Å². The number of hydrogen-bond donors (Lipinski definition) is 2. The van der Waals surface area contributed by atoms with E-state index in [4.69, 9.17) is 9.73 Å².